The van der Waals surface area contributed by atoms with Gasteiger partial charge < -0.3 is 10.1 Å². The maximum absolute atomic E-state index is 10.0. The Kier molecular flexibility index (Phi) is 13.1. The molecule has 0 atom stereocenters. The third-order valence-corrected chi connectivity index (χ3v) is 6.65. The van der Waals surface area contributed by atoms with Crippen molar-refractivity contribution < 1.29 is 30.0 Å². The molecular weight excluding hydrogens is 623 g/mol. The number of aliphatic hydroxyl groups excluding tert-OH is 1. The second-order valence-electron chi connectivity index (χ2n) is 9.68. The molecule has 0 saturated heterocycles. The first-order chi connectivity index (χ1) is 17.0. The molecule has 36 heavy (non-hydrogen) atoms. The standard InChI is InChI=1S/C27H32N.C5H8O2.Ir/c1-2-3-4-5-6-7-12-21-17-18-26(25-16-11-10-15-24(21)25)27-19-22-13-8-9-14-23(22)20-28-27;1-4(6)3-5(2)7;/h8-9,13-14,17,19-20H,2-7,10-12,15-16H2,1H3;3,6H,1-2H3;/q-1;;. The minimum absolute atomic E-state index is 0. The molecule has 1 N–H and O–H groups in total. The smallest absolute Gasteiger partial charge is 0.155 e. The molecule has 4 heteroatoms. The van der Waals surface area contributed by atoms with Gasteiger partial charge >= 0.3 is 0 Å². The van der Waals surface area contributed by atoms with Crippen LogP contribution in [0.1, 0.15) is 88.8 Å². The monoisotopic (exact) mass is 663 g/mol. The first-order valence-electron chi connectivity index (χ1n) is 13.3. The van der Waals surface area contributed by atoms with Gasteiger partial charge in [-0.15, -0.1) is 34.4 Å². The van der Waals surface area contributed by atoms with Crippen LogP contribution in [0.15, 0.2) is 54.4 Å². The van der Waals surface area contributed by atoms with Gasteiger partial charge in [0, 0.05) is 32.4 Å². The Bertz CT molecular complexity index is 1150. The van der Waals surface area contributed by atoms with E-state index in [1.165, 1.54) is 112 Å². The van der Waals surface area contributed by atoms with Crippen molar-refractivity contribution in [3.8, 4) is 11.3 Å². The van der Waals surface area contributed by atoms with Crippen LogP contribution in [0, 0.1) is 6.07 Å². The summed E-state index contributed by atoms with van der Waals surface area (Å²) in [7, 11) is 0. The number of pyridine rings is 1. The number of fused-ring (bicyclic) bond motifs is 2. The van der Waals surface area contributed by atoms with Gasteiger partial charge in [-0.1, -0.05) is 101 Å². The van der Waals surface area contributed by atoms with Crippen molar-refractivity contribution in [2.75, 3.05) is 0 Å². The molecule has 3 aromatic rings. The molecule has 0 spiro atoms. The topological polar surface area (TPSA) is 50.2 Å². The molecule has 0 aliphatic heterocycles. The largest absolute Gasteiger partial charge is 0.512 e. The van der Waals surface area contributed by atoms with Crippen molar-refractivity contribution in [2.45, 2.75) is 91.4 Å². The number of hydrogen-bond acceptors (Lipinski definition) is 3. The third kappa shape index (κ3) is 8.98. The molecule has 0 saturated carbocycles. The van der Waals surface area contributed by atoms with Gasteiger partial charge in [0.15, 0.2) is 5.78 Å². The van der Waals surface area contributed by atoms with Gasteiger partial charge in [-0.2, -0.15) is 0 Å². The van der Waals surface area contributed by atoms with E-state index in [2.05, 4.69) is 49.4 Å². The van der Waals surface area contributed by atoms with Crippen LogP contribution in [0.5, 0.6) is 0 Å². The molecule has 0 unspecified atom stereocenters. The number of carbonyl (C=O) groups is 1. The van der Waals surface area contributed by atoms with Gasteiger partial charge in [-0.25, -0.2) is 0 Å². The number of ketones is 1. The fraction of sp³-hybridized carbons (Fsp3) is 0.438. The molecule has 0 bridgehead atoms. The van der Waals surface area contributed by atoms with Gasteiger partial charge in [0.2, 0.25) is 0 Å². The molecule has 4 rings (SSSR count). The molecule has 1 heterocycles. The summed E-state index contributed by atoms with van der Waals surface area (Å²) in [6, 6.07) is 16.7. The molecular formula is C32H40IrNO2-. The number of hydrogen-bond donors (Lipinski definition) is 1. The van der Waals surface area contributed by atoms with Crippen LogP contribution in [-0.2, 0) is 44.2 Å². The molecule has 195 valence electrons. The molecule has 1 radical (unpaired) electrons. The van der Waals surface area contributed by atoms with E-state index in [0.717, 1.165) is 5.69 Å². The maximum atomic E-state index is 10.0. The number of nitrogens with zero attached hydrogens (tertiary/aromatic N) is 1. The van der Waals surface area contributed by atoms with E-state index in [1.54, 1.807) is 11.1 Å². The summed E-state index contributed by atoms with van der Waals surface area (Å²) in [6.45, 7) is 5.13. The van der Waals surface area contributed by atoms with Gasteiger partial charge in [0.25, 0.3) is 0 Å². The normalized spacial score (nSPS) is 12.8. The van der Waals surface area contributed by atoms with Crippen molar-refractivity contribution in [2.24, 2.45) is 0 Å². The molecule has 3 nitrogen and oxygen atoms in total. The Morgan fingerprint density at radius 3 is 2.33 bits per heavy atom. The second kappa shape index (κ2) is 15.7. The third-order valence-electron chi connectivity index (χ3n) is 6.65. The summed E-state index contributed by atoms with van der Waals surface area (Å²) in [5.41, 5.74) is 7.02. The fourth-order valence-corrected chi connectivity index (χ4v) is 4.93. The van der Waals surface area contributed by atoms with E-state index in [9.17, 15) is 4.79 Å². The number of allylic oxidation sites excluding steroid dienone is 2. The van der Waals surface area contributed by atoms with Crippen LogP contribution >= 0.6 is 0 Å². The maximum Gasteiger partial charge on any atom is 0.155 e. The SMILES string of the molecule is CC(=O)C=C(C)O.CCCCCCCCc1c[c-]c(-c2cc3ccccc3cn2)c2c1CCCC2.[Ir]. The minimum atomic E-state index is -0.125. The predicted molar refractivity (Wildman–Crippen MR) is 147 cm³/mol. The van der Waals surface area contributed by atoms with Crippen LogP contribution in [0.2, 0.25) is 0 Å². The van der Waals surface area contributed by atoms with E-state index in [4.69, 9.17) is 10.1 Å². The Balaban J connectivity index is 0.000000503. The number of carbonyl (C=O) groups excluding carboxylic acids is 1. The van der Waals surface area contributed by atoms with Gasteiger partial charge in [0.1, 0.15) is 0 Å². The number of unbranched alkanes of at least 4 members (excludes halogenated alkanes) is 5. The number of aliphatic hydroxyl groups is 1. The zero-order valence-electron chi connectivity index (χ0n) is 22.0. The fourth-order valence-electron chi connectivity index (χ4n) is 4.93. The Hall–Kier alpha value is -2.29. The van der Waals surface area contributed by atoms with Crippen LogP contribution < -0.4 is 0 Å². The summed E-state index contributed by atoms with van der Waals surface area (Å²) in [5, 5.41) is 10.8. The number of aryl methyl sites for hydroxylation is 1. The first-order valence-corrected chi connectivity index (χ1v) is 13.3. The summed E-state index contributed by atoms with van der Waals surface area (Å²) in [5.74, 6) is -0.0625. The Morgan fingerprint density at radius 1 is 1.00 bits per heavy atom. The molecule has 0 amide bonds. The molecule has 1 aromatic heterocycles. The van der Waals surface area contributed by atoms with Crippen molar-refractivity contribution in [3.63, 3.8) is 0 Å². The van der Waals surface area contributed by atoms with Crippen molar-refractivity contribution in [1.29, 1.82) is 0 Å². The zero-order chi connectivity index (χ0) is 25.0. The van der Waals surface area contributed by atoms with E-state index in [0.29, 0.717) is 0 Å². The van der Waals surface area contributed by atoms with E-state index in [1.807, 2.05) is 6.20 Å². The van der Waals surface area contributed by atoms with Gasteiger partial charge in [0.05, 0.1) is 5.76 Å². The predicted octanol–water partition coefficient (Wildman–Crippen LogP) is 8.52. The second-order valence-corrected chi connectivity index (χ2v) is 9.68. The van der Waals surface area contributed by atoms with E-state index < -0.39 is 0 Å². The van der Waals surface area contributed by atoms with Gasteiger partial charge in [-0.05, 0) is 36.7 Å². The zero-order valence-corrected chi connectivity index (χ0v) is 24.4. The van der Waals surface area contributed by atoms with Crippen LogP contribution in [0.25, 0.3) is 22.0 Å². The molecule has 1 aliphatic carbocycles. The minimum Gasteiger partial charge on any atom is -0.512 e. The molecule has 0 fully saturated rings. The quantitative estimate of drug-likeness (QED) is 0.108. The molecule has 1 aliphatic rings. The average molecular weight is 663 g/mol. The van der Waals surface area contributed by atoms with Crippen LogP contribution in [-0.4, -0.2) is 15.9 Å². The molecule has 2 aromatic carbocycles. The van der Waals surface area contributed by atoms with Crippen molar-refractivity contribution >= 4 is 16.6 Å². The number of rotatable bonds is 9. The van der Waals surface area contributed by atoms with Crippen LogP contribution in [0.4, 0.5) is 0 Å². The van der Waals surface area contributed by atoms with Crippen LogP contribution in [0.3, 0.4) is 0 Å². The average Bonchev–Trinajstić information content (AvgIpc) is 2.85. The van der Waals surface area contributed by atoms with Gasteiger partial charge in [-0.3, -0.25) is 4.79 Å². The number of aromatic nitrogens is 1. The van der Waals surface area contributed by atoms with E-state index >= 15 is 0 Å². The Morgan fingerprint density at radius 2 is 1.67 bits per heavy atom. The Labute approximate surface area is 230 Å². The van der Waals surface area contributed by atoms with Crippen molar-refractivity contribution in [1.82, 2.24) is 4.98 Å². The summed E-state index contributed by atoms with van der Waals surface area (Å²) in [4.78, 5) is 14.8. The first kappa shape index (κ1) is 29.9. The number of benzene rings is 2. The summed E-state index contributed by atoms with van der Waals surface area (Å²) in [6.07, 6.45) is 17.6. The van der Waals surface area contributed by atoms with Crippen molar-refractivity contribution in [3.05, 3.63) is 77.2 Å². The summed E-state index contributed by atoms with van der Waals surface area (Å²) < 4.78 is 0. The summed E-state index contributed by atoms with van der Waals surface area (Å²) >= 11 is 0. The van der Waals surface area contributed by atoms with E-state index in [-0.39, 0.29) is 31.6 Å².